The summed E-state index contributed by atoms with van der Waals surface area (Å²) in [6, 6.07) is 16.8. The molecule has 1 heterocycles. The lowest BCUT2D eigenvalue weighted by Crippen LogP contribution is -2.02. The van der Waals surface area contributed by atoms with Crippen LogP contribution in [-0.2, 0) is 4.74 Å². The molecule has 0 bridgehead atoms. The van der Waals surface area contributed by atoms with E-state index in [0.717, 1.165) is 16.6 Å². The predicted octanol–water partition coefficient (Wildman–Crippen LogP) is 4.21. The van der Waals surface area contributed by atoms with Crippen molar-refractivity contribution in [3.05, 3.63) is 66.4 Å². The second kappa shape index (κ2) is 5.90. The molecule has 23 heavy (non-hydrogen) atoms. The molecule has 0 saturated carbocycles. The standard InChI is InChI=1S/C19H16N2O2/c1-3-23-13(2)19-17(12-20)16-6-4-5-7-18(16)21(19)14-8-10-15(22)11-9-14/h4-11,22H,2-3H2,1H3. The average molecular weight is 304 g/mol. The molecule has 0 amide bonds. The molecule has 1 N–H and O–H groups in total. The maximum Gasteiger partial charge on any atom is 0.137 e. The maximum absolute atomic E-state index is 9.64. The van der Waals surface area contributed by atoms with Gasteiger partial charge in [-0.1, -0.05) is 24.8 Å². The number of para-hydroxylation sites is 1. The summed E-state index contributed by atoms with van der Waals surface area (Å²) in [5.74, 6) is 0.643. The van der Waals surface area contributed by atoms with Gasteiger partial charge in [-0.25, -0.2) is 0 Å². The number of phenols is 1. The number of phenolic OH excluding ortho intramolecular Hbond substituents is 1. The summed E-state index contributed by atoms with van der Waals surface area (Å²) in [7, 11) is 0. The average Bonchev–Trinajstić information content (AvgIpc) is 2.90. The van der Waals surface area contributed by atoms with Crippen LogP contribution in [0.15, 0.2) is 55.1 Å². The first-order chi connectivity index (χ1) is 11.2. The van der Waals surface area contributed by atoms with Crippen LogP contribution in [0.2, 0.25) is 0 Å². The van der Waals surface area contributed by atoms with Gasteiger partial charge in [0, 0.05) is 11.1 Å². The number of hydrogen-bond acceptors (Lipinski definition) is 3. The Balaban J connectivity index is 2.38. The van der Waals surface area contributed by atoms with Crippen molar-refractivity contribution >= 4 is 16.7 Å². The van der Waals surface area contributed by atoms with E-state index < -0.39 is 0 Å². The Hall–Kier alpha value is -3.19. The van der Waals surface area contributed by atoms with Crippen molar-refractivity contribution in [2.24, 2.45) is 0 Å². The zero-order valence-electron chi connectivity index (χ0n) is 12.8. The summed E-state index contributed by atoms with van der Waals surface area (Å²) in [5.41, 5.74) is 2.90. The summed E-state index contributed by atoms with van der Waals surface area (Å²) in [5, 5.41) is 20.0. The molecule has 1 aromatic heterocycles. The van der Waals surface area contributed by atoms with Gasteiger partial charge in [0.05, 0.1) is 17.7 Å². The number of fused-ring (bicyclic) bond motifs is 1. The normalized spacial score (nSPS) is 10.4. The zero-order chi connectivity index (χ0) is 16.4. The van der Waals surface area contributed by atoms with E-state index in [0.29, 0.717) is 23.6 Å². The molecule has 3 rings (SSSR count). The van der Waals surface area contributed by atoms with Gasteiger partial charge in [-0.3, -0.25) is 0 Å². The van der Waals surface area contributed by atoms with E-state index in [9.17, 15) is 10.4 Å². The lowest BCUT2D eigenvalue weighted by molar-refractivity contribution is 0.297. The molecule has 114 valence electrons. The molecule has 4 heteroatoms. The van der Waals surface area contributed by atoms with Gasteiger partial charge in [-0.15, -0.1) is 0 Å². The molecule has 0 atom stereocenters. The van der Waals surface area contributed by atoms with Crippen molar-refractivity contribution in [3.63, 3.8) is 0 Å². The Kier molecular flexibility index (Phi) is 3.78. The Bertz CT molecular complexity index is 915. The maximum atomic E-state index is 9.64. The molecule has 0 spiro atoms. The number of benzene rings is 2. The monoisotopic (exact) mass is 304 g/mol. The van der Waals surface area contributed by atoms with Gasteiger partial charge in [0.15, 0.2) is 0 Å². The molecular formula is C19H16N2O2. The van der Waals surface area contributed by atoms with Gasteiger partial charge in [0.2, 0.25) is 0 Å². The molecule has 0 fully saturated rings. The quantitative estimate of drug-likeness (QED) is 0.734. The predicted molar refractivity (Wildman–Crippen MR) is 90.3 cm³/mol. The first kappa shape index (κ1) is 14.7. The minimum Gasteiger partial charge on any atom is -0.508 e. The smallest absolute Gasteiger partial charge is 0.137 e. The van der Waals surface area contributed by atoms with Crippen LogP contribution in [0, 0.1) is 11.3 Å². The Morgan fingerprint density at radius 3 is 2.57 bits per heavy atom. The first-order valence-electron chi connectivity index (χ1n) is 7.32. The lowest BCUT2D eigenvalue weighted by atomic mass is 10.1. The fraction of sp³-hybridized carbons (Fsp3) is 0.105. The molecule has 0 saturated heterocycles. The summed E-state index contributed by atoms with van der Waals surface area (Å²) < 4.78 is 7.51. The van der Waals surface area contributed by atoms with E-state index >= 15 is 0 Å². The number of nitrogens with zero attached hydrogens (tertiary/aromatic N) is 2. The Labute approximate surface area is 134 Å². The molecule has 0 unspecified atom stereocenters. The van der Waals surface area contributed by atoms with Crippen molar-refractivity contribution < 1.29 is 9.84 Å². The van der Waals surface area contributed by atoms with Gasteiger partial charge in [0.1, 0.15) is 23.3 Å². The van der Waals surface area contributed by atoms with Crippen LogP contribution >= 0.6 is 0 Å². The van der Waals surface area contributed by atoms with Gasteiger partial charge >= 0.3 is 0 Å². The Morgan fingerprint density at radius 2 is 1.91 bits per heavy atom. The molecule has 0 radical (unpaired) electrons. The first-order valence-corrected chi connectivity index (χ1v) is 7.32. The highest BCUT2D eigenvalue weighted by molar-refractivity contribution is 5.93. The van der Waals surface area contributed by atoms with Crippen LogP contribution < -0.4 is 0 Å². The highest BCUT2D eigenvalue weighted by Gasteiger charge is 2.21. The minimum atomic E-state index is 0.191. The number of ether oxygens (including phenoxy) is 1. The highest BCUT2D eigenvalue weighted by Crippen LogP contribution is 2.33. The topological polar surface area (TPSA) is 58.2 Å². The van der Waals surface area contributed by atoms with Crippen LogP contribution in [0.1, 0.15) is 18.2 Å². The summed E-state index contributed by atoms with van der Waals surface area (Å²) in [6.07, 6.45) is 0. The van der Waals surface area contributed by atoms with E-state index in [1.54, 1.807) is 24.3 Å². The SMILES string of the molecule is C=C(OCC)c1c(C#N)c2ccccc2n1-c1ccc(O)cc1. The van der Waals surface area contributed by atoms with Gasteiger partial charge in [-0.2, -0.15) is 5.26 Å². The molecule has 3 aromatic rings. The molecule has 0 aliphatic heterocycles. The van der Waals surface area contributed by atoms with E-state index in [1.165, 1.54) is 0 Å². The van der Waals surface area contributed by atoms with Crippen molar-refractivity contribution in [3.8, 4) is 17.5 Å². The minimum absolute atomic E-state index is 0.191. The van der Waals surface area contributed by atoms with E-state index in [-0.39, 0.29) is 5.75 Å². The molecule has 0 aliphatic rings. The largest absolute Gasteiger partial charge is 0.508 e. The van der Waals surface area contributed by atoms with Crippen LogP contribution in [-0.4, -0.2) is 16.3 Å². The van der Waals surface area contributed by atoms with Crippen molar-refractivity contribution in [1.82, 2.24) is 4.57 Å². The van der Waals surface area contributed by atoms with Crippen molar-refractivity contribution in [2.45, 2.75) is 6.92 Å². The number of aromatic nitrogens is 1. The zero-order valence-corrected chi connectivity index (χ0v) is 12.8. The van der Waals surface area contributed by atoms with Gasteiger partial charge in [-0.05, 0) is 37.3 Å². The fourth-order valence-electron chi connectivity index (χ4n) is 2.73. The summed E-state index contributed by atoms with van der Waals surface area (Å²) in [6.45, 7) is 6.33. The molecule has 2 aromatic carbocycles. The van der Waals surface area contributed by atoms with Crippen molar-refractivity contribution in [1.29, 1.82) is 5.26 Å². The highest BCUT2D eigenvalue weighted by atomic mass is 16.5. The molecule has 0 aliphatic carbocycles. The van der Waals surface area contributed by atoms with Gasteiger partial charge < -0.3 is 14.4 Å². The van der Waals surface area contributed by atoms with Crippen molar-refractivity contribution in [2.75, 3.05) is 6.61 Å². The van der Waals surface area contributed by atoms with E-state index in [1.807, 2.05) is 35.8 Å². The third-order valence-electron chi connectivity index (χ3n) is 3.68. The number of hydrogen-bond donors (Lipinski definition) is 1. The van der Waals surface area contributed by atoms with Crippen LogP contribution in [0.3, 0.4) is 0 Å². The third kappa shape index (κ3) is 2.43. The van der Waals surface area contributed by atoms with E-state index in [2.05, 4.69) is 12.6 Å². The molecule has 4 nitrogen and oxygen atoms in total. The molecular weight excluding hydrogens is 288 g/mol. The second-order valence-electron chi connectivity index (χ2n) is 5.06. The third-order valence-corrected chi connectivity index (χ3v) is 3.68. The summed E-state index contributed by atoms with van der Waals surface area (Å²) in [4.78, 5) is 0. The van der Waals surface area contributed by atoms with Crippen LogP contribution in [0.4, 0.5) is 0 Å². The second-order valence-corrected chi connectivity index (χ2v) is 5.06. The van der Waals surface area contributed by atoms with E-state index in [4.69, 9.17) is 4.74 Å². The van der Waals surface area contributed by atoms with Crippen LogP contribution in [0.25, 0.3) is 22.3 Å². The Morgan fingerprint density at radius 1 is 1.22 bits per heavy atom. The number of nitriles is 1. The fourth-order valence-corrected chi connectivity index (χ4v) is 2.73. The van der Waals surface area contributed by atoms with Gasteiger partial charge in [0.25, 0.3) is 0 Å². The summed E-state index contributed by atoms with van der Waals surface area (Å²) >= 11 is 0. The number of rotatable bonds is 4. The lowest BCUT2D eigenvalue weighted by Gasteiger charge is -2.13. The van der Waals surface area contributed by atoms with Crippen LogP contribution in [0.5, 0.6) is 5.75 Å². The number of aromatic hydroxyl groups is 1.